The third kappa shape index (κ3) is 2.54. The Kier molecular flexibility index (Phi) is 3.70. The summed E-state index contributed by atoms with van der Waals surface area (Å²) in [6.07, 6.45) is 1.94. The summed E-state index contributed by atoms with van der Waals surface area (Å²) in [5, 5.41) is 2.82. The highest BCUT2D eigenvalue weighted by molar-refractivity contribution is 7.18. The summed E-state index contributed by atoms with van der Waals surface area (Å²) in [4.78, 5) is 29.7. The first-order valence-corrected chi connectivity index (χ1v) is 7.72. The normalized spacial score (nSPS) is 11.1. The maximum absolute atomic E-state index is 12.3. The van der Waals surface area contributed by atoms with Gasteiger partial charge in [-0.3, -0.25) is 14.0 Å². The fourth-order valence-electron chi connectivity index (χ4n) is 2.17. The molecule has 0 saturated carbocycles. The molecule has 2 heterocycles. The van der Waals surface area contributed by atoms with Gasteiger partial charge in [0.1, 0.15) is 4.88 Å². The van der Waals surface area contributed by atoms with Crippen molar-refractivity contribution in [2.75, 3.05) is 6.54 Å². The van der Waals surface area contributed by atoms with Crippen molar-refractivity contribution < 1.29 is 4.79 Å². The van der Waals surface area contributed by atoms with E-state index in [4.69, 9.17) is 0 Å². The predicted octanol–water partition coefficient (Wildman–Crippen LogP) is 2.44. The van der Waals surface area contributed by atoms with Gasteiger partial charge in [-0.1, -0.05) is 36.8 Å². The van der Waals surface area contributed by atoms with Crippen LogP contribution < -0.4 is 10.9 Å². The summed E-state index contributed by atoms with van der Waals surface area (Å²) in [6.45, 7) is 2.69. The van der Waals surface area contributed by atoms with E-state index in [1.165, 1.54) is 17.4 Å². The van der Waals surface area contributed by atoms with Crippen LogP contribution in [0.15, 0.2) is 35.1 Å². The number of carbonyl (C=O) groups excluding carboxylic acids is 1. The topological polar surface area (TPSA) is 63.5 Å². The molecule has 0 aliphatic heterocycles. The largest absolute Gasteiger partial charge is 0.351 e. The Morgan fingerprint density at radius 2 is 2.19 bits per heavy atom. The molecule has 0 bridgehead atoms. The van der Waals surface area contributed by atoms with Crippen molar-refractivity contribution in [3.8, 4) is 0 Å². The van der Waals surface area contributed by atoms with Gasteiger partial charge in [0.2, 0.25) is 0 Å². The zero-order chi connectivity index (χ0) is 14.8. The summed E-state index contributed by atoms with van der Waals surface area (Å²) in [6, 6.07) is 8.83. The highest BCUT2D eigenvalue weighted by Crippen LogP contribution is 2.19. The lowest BCUT2D eigenvalue weighted by Gasteiger charge is -2.03. The fourth-order valence-corrected chi connectivity index (χ4v) is 3.11. The molecule has 0 atom stereocenters. The smallest absolute Gasteiger partial charge is 0.261 e. The molecule has 1 N–H and O–H groups in total. The van der Waals surface area contributed by atoms with Gasteiger partial charge in [0.15, 0.2) is 4.96 Å². The van der Waals surface area contributed by atoms with Crippen LogP contribution in [-0.4, -0.2) is 21.8 Å². The number of para-hydroxylation sites is 2. The molecule has 3 rings (SSSR count). The minimum atomic E-state index is -0.224. The number of fused-ring (bicyclic) bond motifs is 3. The van der Waals surface area contributed by atoms with Crippen LogP contribution in [0.3, 0.4) is 0 Å². The number of aromatic nitrogens is 2. The SMILES string of the molecule is CCCCNC(=O)c1cc(=O)n2c(nc3ccccc32)s1. The second kappa shape index (κ2) is 5.65. The number of hydrogen-bond donors (Lipinski definition) is 1. The average molecular weight is 301 g/mol. The molecular formula is C15H15N3O2S. The molecule has 3 aromatic rings. The first-order chi connectivity index (χ1) is 10.2. The Labute approximate surface area is 125 Å². The van der Waals surface area contributed by atoms with Gasteiger partial charge >= 0.3 is 0 Å². The van der Waals surface area contributed by atoms with E-state index < -0.39 is 0 Å². The van der Waals surface area contributed by atoms with Crippen LogP contribution in [0.25, 0.3) is 16.0 Å². The van der Waals surface area contributed by atoms with Gasteiger partial charge in [-0.25, -0.2) is 4.98 Å². The van der Waals surface area contributed by atoms with Gasteiger partial charge in [-0.05, 0) is 18.6 Å². The van der Waals surface area contributed by atoms with E-state index in [1.807, 2.05) is 24.3 Å². The van der Waals surface area contributed by atoms with Crippen LogP contribution >= 0.6 is 11.3 Å². The number of carbonyl (C=O) groups is 1. The molecule has 1 amide bonds. The van der Waals surface area contributed by atoms with E-state index in [-0.39, 0.29) is 11.5 Å². The first kappa shape index (κ1) is 13.8. The third-order valence-corrected chi connectivity index (χ3v) is 4.23. The molecule has 1 aromatic carbocycles. The zero-order valence-electron chi connectivity index (χ0n) is 11.6. The molecule has 0 aliphatic rings. The lowest BCUT2D eigenvalue weighted by atomic mass is 10.3. The Balaban J connectivity index is 2.05. The Morgan fingerprint density at radius 3 is 3.00 bits per heavy atom. The van der Waals surface area contributed by atoms with Crippen LogP contribution in [0.2, 0.25) is 0 Å². The highest BCUT2D eigenvalue weighted by Gasteiger charge is 2.13. The summed E-state index contributed by atoms with van der Waals surface area (Å²) in [7, 11) is 0. The molecular weight excluding hydrogens is 286 g/mol. The molecule has 108 valence electrons. The summed E-state index contributed by atoms with van der Waals surface area (Å²) < 4.78 is 1.54. The Morgan fingerprint density at radius 1 is 1.38 bits per heavy atom. The van der Waals surface area contributed by atoms with E-state index in [9.17, 15) is 9.59 Å². The number of imidazole rings is 1. The minimum Gasteiger partial charge on any atom is -0.351 e. The van der Waals surface area contributed by atoms with E-state index in [0.717, 1.165) is 23.9 Å². The number of unbranched alkanes of at least 4 members (excludes halogenated alkanes) is 1. The lowest BCUT2D eigenvalue weighted by molar-refractivity contribution is 0.0957. The van der Waals surface area contributed by atoms with Crippen LogP contribution in [0.1, 0.15) is 29.4 Å². The monoisotopic (exact) mass is 301 g/mol. The molecule has 5 nitrogen and oxygen atoms in total. The molecule has 6 heteroatoms. The molecule has 0 unspecified atom stereocenters. The number of hydrogen-bond acceptors (Lipinski definition) is 4. The van der Waals surface area contributed by atoms with Crippen molar-refractivity contribution >= 4 is 33.2 Å². The van der Waals surface area contributed by atoms with E-state index >= 15 is 0 Å². The Hall–Kier alpha value is -2.21. The van der Waals surface area contributed by atoms with Gasteiger partial charge in [0.25, 0.3) is 11.5 Å². The molecule has 21 heavy (non-hydrogen) atoms. The van der Waals surface area contributed by atoms with E-state index in [2.05, 4.69) is 17.2 Å². The maximum atomic E-state index is 12.3. The van der Waals surface area contributed by atoms with Gasteiger partial charge in [-0.15, -0.1) is 0 Å². The number of amides is 1. The zero-order valence-corrected chi connectivity index (χ0v) is 12.4. The quantitative estimate of drug-likeness (QED) is 0.753. The van der Waals surface area contributed by atoms with E-state index in [1.54, 1.807) is 4.40 Å². The third-order valence-electron chi connectivity index (χ3n) is 3.25. The van der Waals surface area contributed by atoms with Crippen LogP contribution in [-0.2, 0) is 0 Å². The average Bonchev–Trinajstić information content (AvgIpc) is 2.86. The first-order valence-electron chi connectivity index (χ1n) is 6.90. The fraction of sp³-hybridized carbons (Fsp3) is 0.267. The predicted molar refractivity (Wildman–Crippen MR) is 84.1 cm³/mol. The van der Waals surface area contributed by atoms with Crippen molar-refractivity contribution in [3.63, 3.8) is 0 Å². The number of nitrogens with zero attached hydrogens (tertiary/aromatic N) is 2. The number of rotatable bonds is 4. The summed E-state index contributed by atoms with van der Waals surface area (Å²) in [5.41, 5.74) is 1.30. The van der Waals surface area contributed by atoms with Gasteiger partial charge in [0.05, 0.1) is 11.0 Å². The number of benzene rings is 1. The Bertz CT molecular complexity index is 866. The molecule has 2 aromatic heterocycles. The van der Waals surface area contributed by atoms with Crippen molar-refractivity contribution in [2.24, 2.45) is 0 Å². The van der Waals surface area contributed by atoms with Crippen LogP contribution in [0, 0.1) is 0 Å². The van der Waals surface area contributed by atoms with E-state index in [0.29, 0.717) is 16.4 Å². The van der Waals surface area contributed by atoms with Crippen molar-refractivity contribution in [3.05, 3.63) is 45.6 Å². The van der Waals surface area contributed by atoms with Gasteiger partial charge in [0, 0.05) is 12.6 Å². The summed E-state index contributed by atoms with van der Waals surface area (Å²) in [5.74, 6) is -0.208. The molecule has 0 fully saturated rings. The van der Waals surface area contributed by atoms with Gasteiger partial charge < -0.3 is 5.32 Å². The standard InChI is InChI=1S/C15H15N3O2S/c1-2-3-8-16-14(20)12-9-13(19)18-11-7-5-4-6-10(11)17-15(18)21-12/h4-7,9H,2-3,8H2,1H3,(H,16,20). The molecule has 0 aliphatic carbocycles. The lowest BCUT2D eigenvalue weighted by Crippen LogP contribution is -2.25. The maximum Gasteiger partial charge on any atom is 0.261 e. The van der Waals surface area contributed by atoms with Crippen LogP contribution in [0.5, 0.6) is 0 Å². The minimum absolute atomic E-state index is 0.208. The van der Waals surface area contributed by atoms with Crippen molar-refractivity contribution in [2.45, 2.75) is 19.8 Å². The molecule has 0 spiro atoms. The second-order valence-electron chi connectivity index (χ2n) is 4.78. The van der Waals surface area contributed by atoms with Crippen molar-refractivity contribution in [1.29, 1.82) is 0 Å². The number of nitrogens with one attached hydrogen (secondary N) is 1. The van der Waals surface area contributed by atoms with Crippen molar-refractivity contribution in [1.82, 2.24) is 14.7 Å². The molecule has 0 radical (unpaired) electrons. The van der Waals surface area contributed by atoms with Gasteiger partial charge in [-0.2, -0.15) is 0 Å². The highest BCUT2D eigenvalue weighted by atomic mass is 32.1. The van der Waals surface area contributed by atoms with Crippen LogP contribution in [0.4, 0.5) is 0 Å². The second-order valence-corrected chi connectivity index (χ2v) is 5.79. The molecule has 0 saturated heterocycles. The summed E-state index contributed by atoms with van der Waals surface area (Å²) >= 11 is 1.23.